The molecule has 0 radical (unpaired) electrons. The molecule has 0 aromatic heterocycles. The van der Waals surface area contributed by atoms with Crippen LogP contribution in [0.2, 0.25) is 0 Å². The predicted molar refractivity (Wildman–Crippen MR) is 157 cm³/mol. The topological polar surface area (TPSA) is 64.8 Å². The highest BCUT2D eigenvalue weighted by Gasteiger charge is 2.24. The molecule has 202 valence electrons. The van der Waals surface area contributed by atoms with Crippen LogP contribution < -0.4 is 15.4 Å². The second kappa shape index (κ2) is 15.1. The van der Waals surface area contributed by atoms with Gasteiger partial charge in [-0.05, 0) is 80.9 Å². The Morgan fingerprint density at radius 1 is 1.24 bits per heavy atom. The Hall–Kier alpha value is -2.44. The molecule has 0 aliphatic carbocycles. The molecule has 2 N–H and O–H groups in total. The van der Waals surface area contributed by atoms with Gasteiger partial charge in [0.1, 0.15) is 5.75 Å². The maximum atomic E-state index is 11.9. The van der Waals surface area contributed by atoms with E-state index in [0.29, 0.717) is 24.0 Å². The predicted octanol–water partition coefficient (Wildman–Crippen LogP) is 6.24. The van der Waals surface area contributed by atoms with E-state index in [0.717, 1.165) is 68.8 Å². The van der Waals surface area contributed by atoms with Gasteiger partial charge in [0.05, 0.1) is 18.4 Å². The van der Waals surface area contributed by atoms with Gasteiger partial charge >= 0.3 is 0 Å². The summed E-state index contributed by atoms with van der Waals surface area (Å²) in [6.45, 7) is 6.83. The van der Waals surface area contributed by atoms with Gasteiger partial charge in [-0.1, -0.05) is 48.9 Å². The molecule has 1 aliphatic rings. The highest BCUT2D eigenvalue weighted by Crippen LogP contribution is 2.34. The lowest BCUT2D eigenvalue weighted by atomic mass is 9.98. The second-order valence-electron chi connectivity index (χ2n) is 10.3. The van der Waals surface area contributed by atoms with Gasteiger partial charge in [-0.15, -0.1) is 0 Å². The van der Waals surface area contributed by atoms with Gasteiger partial charge in [-0.2, -0.15) is 12.6 Å². The van der Waals surface area contributed by atoms with Crippen molar-refractivity contribution in [2.45, 2.75) is 58.5 Å². The van der Waals surface area contributed by atoms with E-state index >= 15 is 0 Å². The number of anilines is 1. The molecule has 0 saturated heterocycles. The molecule has 1 heterocycles. The Labute approximate surface area is 228 Å². The lowest BCUT2D eigenvalue weighted by molar-refractivity contribution is 0.1000. The minimum atomic E-state index is -0.407. The summed E-state index contributed by atoms with van der Waals surface area (Å²) < 4.78 is 11.8. The van der Waals surface area contributed by atoms with Gasteiger partial charge in [0.15, 0.2) is 0 Å². The zero-order valence-corrected chi connectivity index (χ0v) is 23.6. The lowest BCUT2D eigenvalue weighted by Gasteiger charge is -2.27. The number of rotatable bonds is 14. The number of methoxy groups -OCH3 is 1. The Morgan fingerprint density at radius 3 is 2.81 bits per heavy atom. The number of nitrogens with two attached hydrogens (primary N) is 1. The van der Waals surface area contributed by atoms with Crippen LogP contribution in [0, 0.1) is 18.8 Å². The minimum absolute atomic E-state index is 0.111. The summed E-state index contributed by atoms with van der Waals surface area (Å²) in [7, 11) is 1.76. The number of benzene rings is 2. The summed E-state index contributed by atoms with van der Waals surface area (Å²) in [5.41, 5.74) is 9.81. The van der Waals surface area contributed by atoms with Crippen molar-refractivity contribution in [2.75, 3.05) is 37.5 Å². The molecule has 2 aromatic carbocycles. The molecule has 3 atom stereocenters. The van der Waals surface area contributed by atoms with Crippen LogP contribution in [0.25, 0.3) is 0 Å². The first-order valence-electron chi connectivity index (χ1n) is 13.6. The van der Waals surface area contributed by atoms with Gasteiger partial charge < -0.3 is 20.1 Å². The van der Waals surface area contributed by atoms with E-state index in [1.165, 1.54) is 11.1 Å². The zero-order valence-electron chi connectivity index (χ0n) is 22.7. The van der Waals surface area contributed by atoms with Crippen molar-refractivity contribution in [1.29, 1.82) is 0 Å². The molecule has 0 bridgehead atoms. The number of hydrogen-bond donors (Lipinski definition) is 2. The molecule has 0 spiro atoms. The van der Waals surface area contributed by atoms with Crippen molar-refractivity contribution in [1.82, 2.24) is 0 Å². The number of aryl methyl sites for hydroxylation is 2. The first-order chi connectivity index (χ1) is 17.9. The van der Waals surface area contributed by atoms with Crippen LogP contribution in [-0.4, -0.2) is 44.6 Å². The number of amides is 1. The Balaban J connectivity index is 1.60. The van der Waals surface area contributed by atoms with Crippen LogP contribution in [0.1, 0.15) is 60.5 Å². The monoisotopic (exact) mass is 524 g/mol. The summed E-state index contributed by atoms with van der Waals surface area (Å²) in [5.74, 6) is 2.06. The van der Waals surface area contributed by atoms with Crippen LogP contribution in [0.5, 0.6) is 5.75 Å². The van der Waals surface area contributed by atoms with Crippen LogP contribution in [-0.2, 0) is 11.2 Å². The van der Waals surface area contributed by atoms with Crippen molar-refractivity contribution in [2.24, 2.45) is 17.6 Å². The first kappa shape index (κ1) is 29.1. The number of carbonyl (C=O) groups is 1. The second-order valence-corrected chi connectivity index (χ2v) is 10.7. The molecule has 0 fully saturated rings. The molecule has 5 nitrogen and oxygen atoms in total. The first-order valence-corrected chi connectivity index (χ1v) is 14.2. The number of fused-ring (bicyclic) bond motifs is 1. The standard InChI is InChI=1S/C31H44N2O3S/c1-23-10-8-11-25(18-23)12-9-13-26-20-33(17-7-5-4-6-14-29(35-3)24(2)22-37)28-19-27(31(32)34)15-16-30(28)36-21-26/h6,8,10-11,14-16,18-19,24,26,29,37H,4-5,7,9,12-13,17,20-22H2,1-3H3,(H2,32,34)/b14-6+/t24-,26?,29?/m1/s1. The number of thiol groups is 1. The normalized spacial score (nSPS) is 17.2. The summed E-state index contributed by atoms with van der Waals surface area (Å²) in [6, 6.07) is 14.3. The average Bonchev–Trinajstić information content (AvgIpc) is 3.06. The van der Waals surface area contributed by atoms with E-state index < -0.39 is 5.91 Å². The molecule has 2 unspecified atom stereocenters. The summed E-state index contributed by atoms with van der Waals surface area (Å²) in [6.07, 6.45) is 11.0. The smallest absolute Gasteiger partial charge is 0.248 e. The van der Waals surface area contributed by atoms with Crippen molar-refractivity contribution in [3.63, 3.8) is 0 Å². The van der Waals surface area contributed by atoms with E-state index in [-0.39, 0.29) is 6.10 Å². The number of primary amides is 1. The van der Waals surface area contributed by atoms with Crippen LogP contribution in [0.3, 0.4) is 0 Å². The van der Waals surface area contributed by atoms with E-state index in [2.05, 4.69) is 67.8 Å². The van der Waals surface area contributed by atoms with Gasteiger partial charge in [-0.25, -0.2) is 0 Å². The quantitative estimate of drug-likeness (QED) is 0.174. The van der Waals surface area contributed by atoms with E-state index in [1.807, 2.05) is 12.1 Å². The third kappa shape index (κ3) is 9.11. The number of ether oxygens (including phenoxy) is 2. The molecular formula is C31H44N2O3S. The fraction of sp³-hybridized carbons (Fsp3) is 0.516. The number of unbranched alkanes of at least 4 members (excludes halogenated alkanes) is 2. The number of carbonyl (C=O) groups excluding carboxylic acids is 1. The summed E-state index contributed by atoms with van der Waals surface area (Å²) in [4.78, 5) is 14.3. The largest absolute Gasteiger partial charge is 0.491 e. The summed E-state index contributed by atoms with van der Waals surface area (Å²) in [5, 5.41) is 0. The number of nitrogens with zero attached hydrogens (tertiary/aromatic N) is 1. The SMILES string of the molecule is COC(/C=C/CCCCN1CC(CCCc2cccc(C)c2)COc2ccc(C(N)=O)cc21)[C@H](C)CS. The number of allylic oxidation sites excluding steroid dienone is 1. The molecule has 0 saturated carbocycles. The summed E-state index contributed by atoms with van der Waals surface area (Å²) >= 11 is 4.39. The van der Waals surface area contributed by atoms with Crippen LogP contribution >= 0.6 is 12.6 Å². The molecule has 1 aliphatic heterocycles. The fourth-order valence-electron chi connectivity index (χ4n) is 4.96. The van der Waals surface area contributed by atoms with Crippen molar-refractivity contribution in [3.8, 4) is 5.75 Å². The van der Waals surface area contributed by atoms with E-state index in [9.17, 15) is 4.79 Å². The molecule has 37 heavy (non-hydrogen) atoms. The van der Waals surface area contributed by atoms with E-state index in [1.54, 1.807) is 13.2 Å². The molecule has 1 amide bonds. The van der Waals surface area contributed by atoms with Crippen LogP contribution in [0.4, 0.5) is 5.69 Å². The molecule has 6 heteroatoms. The Kier molecular flexibility index (Phi) is 11.9. The van der Waals surface area contributed by atoms with E-state index in [4.69, 9.17) is 15.2 Å². The molecule has 2 aromatic rings. The van der Waals surface area contributed by atoms with Crippen LogP contribution in [0.15, 0.2) is 54.6 Å². The molecular weight excluding hydrogens is 480 g/mol. The Morgan fingerprint density at radius 2 is 2.08 bits per heavy atom. The number of hydrogen-bond acceptors (Lipinski definition) is 5. The highest BCUT2D eigenvalue weighted by molar-refractivity contribution is 7.80. The van der Waals surface area contributed by atoms with Crippen molar-refractivity contribution >= 4 is 24.2 Å². The third-order valence-electron chi connectivity index (χ3n) is 7.19. The fourth-order valence-corrected chi connectivity index (χ4v) is 5.17. The van der Waals surface area contributed by atoms with Gasteiger partial charge in [-0.3, -0.25) is 4.79 Å². The Bertz CT molecular complexity index is 1030. The third-order valence-corrected chi connectivity index (χ3v) is 7.77. The van der Waals surface area contributed by atoms with Gasteiger partial charge in [0.2, 0.25) is 5.91 Å². The minimum Gasteiger partial charge on any atom is -0.491 e. The van der Waals surface area contributed by atoms with Gasteiger partial charge in [0, 0.05) is 31.7 Å². The highest BCUT2D eigenvalue weighted by atomic mass is 32.1. The van der Waals surface area contributed by atoms with Crippen molar-refractivity contribution < 1.29 is 14.3 Å². The molecule has 3 rings (SSSR count). The lowest BCUT2D eigenvalue weighted by Crippen LogP contribution is -2.31. The zero-order chi connectivity index (χ0) is 26.6. The maximum Gasteiger partial charge on any atom is 0.248 e. The van der Waals surface area contributed by atoms with Crippen molar-refractivity contribution in [3.05, 3.63) is 71.3 Å². The average molecular weight is 525 g/mol. The van der Waals surface area contributed by atoms with Gasteiger partial charge in [0.25, 0.3) is 0 Å². The maximum absolute atomic E-state index is 11.9.